The molecule has 2 aliphatic rings. The molecule has 3 heterocycles. The largest absolute Gasteiger partial charge is 0.343 e. The normalized spacial score (nSPS) is 19.6. The topological polar surface area (TPSA) is 69.3 Å². The second-order valence-corrected chi connectivity index (χ2v) is 6.85. The van der Waals surface area contributed by atoms with E-state index in [1.165, 1.54) is 5.56 Å². The number of anilines is 1. The SMILES string of the molecule is Cc1[nH]ncc1C(=O)N1CC(CCN2CCCC2=O)c2ccccc21. The van der Waals surface area contributed by atoms with Crippen LogP contribution in [-0.4, -0.2) is 46.5 Å². The van der Waals surface area contributed by atoms with E-state index in [4.69, 9.17) is 0 Å². The number of amides is 2. The zero-order valence-corrected chi connectivity index (χ0v) is 14.4. The van der Waals surface area contributed by atoms with Gasteiger partial charge in [0.05, 0.1) is 11.8 Å². The number of likely N-dealkylation sites (tertiary alicyclic amines) is 1. The molecule has 2 aliphatic heterocycles. The number of carbonyl (C=O) groups excluding carboxylic acids is 2. The maximum Gasteiger partial charge on any atom is 0.261 e. The average molecular weight is 338 g/mol. The van der Waals surface area contributed by atoms with E-state index in [1.807, 2.05) is 34.9 Å². The molecule has 0 radical (unpaired) electrons. The number of aryl methyl sites for hydroxylation is 1. The lowest BCUT2D eigenvalue weighted by atomic mass is 9.98. The number of nitrogens with one attached hydrogen (secondary N) is 1. The van der Waals surface area contributed by atoms with Crippen molar-refractivity contribution in [3.8, 4) is 0 Å². The van der Waals surface area contributed by atoms with Gasteiger partial charge in [0, 0.05) is 43.4 Å². The number of nitrogens with zero attached hydrogens (tertiary/aromatic N) is 3. The molecule has 1 fully saturated rings. The predicted octanol–water partition coefficient (Wildman–Crippen LogP) is 2.47. The van der Waals surface area contributed by atoms with Crippen LogP contribution in [0.15, 0.2) is 30.5 Å². The molecule has 0 bridgehead atoms. The molecule has 25 heavy (non-hydrogen) atoms. The number of benzene rings is 1. The third-order valence-electron chi connectivity index (χ3n) is 5.29. The summed E-state index contributed by atoms with van der Waals surface area (Å²) in [7, 11) is 0. The van der Waals surface area contributed by atoms with Gasteiger partial charge in [0.15, 0.2) is 0 Å². The number of aromatic amines is 1. The Morgan fingerprint density at radius 2 is 2.20 bits per heavy atom. The smallest absolute Gasteiger partial charge is 0.261 e. The summed E-state index contributed by atoms with van der Waals surface area (Å²) in [6.07, 6.45) is 4.11. The number of hydrogen-bond donors (Lipinski definition) is 1. The Balaban J connectivity index is 1.54. The second kappa shape index (κ2) is 6.35. The quantitative estimate of drug-likeness (QED) is 0.931. The van der Waals surface area contributed by atoms with Gasteiger partial charge in [0.2, 0.25) is 5.91 Å². The van der Waals surface area contributed by atoms with Crippen molar-refractivity contribution in [2.45, 2.75) is 32.1 Å². The number of carbonyl (C=O) groups is 2. The summed E-state index contributed by atoms with van der Waals surface area (Å²) in [4.78, 5) is 28.6. The van der Waals surface area contributed by atoms with Crippen molar-refractivity contribution in [2.75, 3.05) is 24.5 Å². The van der Waals surface area contributed by atoms with E-state index in [-0.39, 0.29) is 17.7 Å². The average Bonchev–Trinajstić information content (AvgIpc) is 3.31. The van der Waals surface area contributed by atoms with Crippen LogP contribution in [0.5, 0.6) is 0 Å². The number of aromatic nitrogens is 2. The Morgan fingerprint density at radius 1 is 1.36 bits per heavy atom. The number of rotatable bonds is 4. The number of para-hydroxylation sites is 1. The molecule has 1 aromatic carbocycles. The van der Waals surface area contributed by atoms with Crippen molar-refractivity contribution in [1.29, 1.82) is 0 Å². The number of hydrogen-bond acceptors (Lipinski definition) is 3. The Labute approximate surface area is 146 Å². The van der Waals surface area contributed by atoms with Crippen LogP contribution in [0.1, 0.15) is 46.8 Å². The second-order valence-electron chi connectivity index (χ2n) is 6.85. The summed E-state index contributed by atoms with van der Waals surface area (Å²) >= 11 is 0. The van der Waals surface area contributed by atoms with Gasteiger partial charge in [0.25, 0.3) is 5.91 Å². The van der Waals surface area contributed by atoms with Crippen molar-refractivity contribution >= 4 is 17.5 Å². The molecule has 1 atom stereocenters. The van der Waals surface area contributed by atoms with E-state index >= 15 is 0 Å². The molecule has 0 aliphatic carbocycles. The molecular formula is C19H22N4O2. The van der Waals surface area contributed by atoms with E-state index in [2.05, 4.69) is 16.3 Å². The predicted molar refractivity (Wildman–Crippen MR) is 94.6 cm³/mol. The highest BCUT2D eigenvalue weighted by atomic mass is 16.2. The maximum atomic E-state index is 13.0. The zero-order valence-electron chi connectivity index (χ0n) is 14.4. The standard InChI is InChI=1S/C19H22N4O2/c1-13-16(11-20-21-13)19(25)23-12-14(15-5-2-3-6-17(15)23)8-10-22-9-4-7-18(22)24/h2-3,5-6,11,14H,4,7-10,12H2,1H3,(H,20,21). The first-order chi connectivity index (χ1) is 12.1. The van der Waals surface area contributed by atoms with Crippen molar-refractivity contribution < 1.29 is 9.59 Å². The maximum absolute atomic E-state index is 13.0. The van der Waals surface area contributed by atoms with Crippen LogP contribution < -0.4 is 4.90 Å². The highest BCUT2D eigenvalue weighted by molar-refractivity contribution is 6.08. The highest BCUT2D eigenvalue weighted by Crippen LogP contribution is 2.39. The monoisotopic (exact) mass is 338 g/mol. The minimum atomic E-state index is -0.0153. The zero-order chi connectivity index (χ0) is 17.4. The van der Waals surface area contributed by atoms with Gasteiger partial charge in [0.1, 0.15) is 0 Å². The molecule has 1 aromatic heterocycles. The van der Waals surface area contributed by atoms with Crippen LogP contribution in [0.3, 0.4) is 0 Å². The molecule has 0 saturated carbocycles. The molecule has 1 unspecified atom stereocenters. The van der Waals surface area contributed by atoms with E-state index in [0.717, 1.165) is 37.3 Å². The van der Waals surface area contributed by atoms with Crippen molar-refractivity contribution in [1.82, 2.24) is 15.1 Å². The molecule has 2 aromatic rings. The minimum absolute atomic E-state index is 0.0153. The summed E-state index contributed by atoms with van der Waals surface area (Å²) < 4.78 is 0. The van der Waals surface area contributed by atoms with E-state index in [0.29, 0.717) is 18.5 Å². The van der Waals surface area contributed by atoms with Gasteiger partial charge in [-0.3, -0.25) is 14.7 Å². The van der Waals surface area contributed by atoms with Crippen molar-refractivity contribution in [3.05, 3.63) is 47.3 Å². The van der Waals surface area contributed by atoms with Gasteiger partial charge < -0.3 is 9.80 Å². The molecule has 1 saturated heterocycles. The lowest BCUT2D eigenvalue weighted by molar-refractivity contribution is -0.127. The molecule has 2 amide bonds. The van der Waals surface area contributed by atoms with E-state index < -0.39 is 0 Å². The molecule has 130 valence electrons. The molecular weight excluding hydrogens is 316 g/mol. The molecule has 6 nitrogen and oxygen atoms in total. The molecule has 1 N–H and O–H groups in total. The minimum Gasteiger partial charge on any atom is -0.343 e. The number of fused-ring (bicyclic) bond motifs is 1. The van der Waals surface area contributed by atoms with Crippen LogP contribution in [0, 0.1) is 6.92 Å². The van der Waals surface area contributed by atoms with Gasteiger partial charge in [-0.25, -0.2) is 0 Å². The Kier molecular flexibility index (Phi) is 4.03. The van der Waals surface area contributed by atoms with Crippen molar-refractivity contribution in [2.24, 2.45) is 0 Å². The highest BCUT2D eigenvalue weighted by Gasteiger charge is 2.34. The summed E-state index contributed by atoms with van der Waals surface area (Å²) in [5, 5.41) is 6.80. The van der Waals surface area contributed by atoms with Gasteiger partial charge in [-0.1, -0.05) is 18.2 Å². The van der Waals surface area contributed by atoms with E-state index in [1.54, 1.807) is 6.20 Å². The van der Waals surface area contributed by atoms with Gasteiger partial charge in [-0.2, -0.15) is 5.10 Å². The first-order valence-corrected chi connectivity index (χ1v) is 8.83. The fourth-order valence-corrected chi connectivity index (χ4v) is 3.90. The van der Waals surface area contributed by atoms with Crippen LogP contribution in [-0.2, 0) is 4.79 Å². The summed E-state index contributed by atoms with van der Waals surface area (Å²) in [5.74, 6) is 0.507. The van der Waals surface area contributed by atoms with Crippen LogP contribution in [0.4, 0.5) is 5.69 Å². The molecule has 6 heteroatoms. The Hall–Kier alpha value is -2.63. The first-order valence-electron chi connectivity index (χ1n) is 8.83. The summed E-state index contributed by atoms with van der Waals surface area (Å²) in [6, 6.07) is 8.09. The third kappa shape index (κ3) is 2.81. The molecule has 0 spiro atoms. The summed E-state index contributed by atoms with van der Waals surface area (Å²) in [5.41, 5.74) is 3.58. The lowest BCUT2D eigenvalue weighted by Crippen LogP contribution is -2.31. The van der Waals surface area contributed by atoms with Crippen molar-refractivity contribution in [3.63, 3.8) is 0 Å². The van der Waals surface area contributed by atoms with E-state index in [9.17, 15) is 9.59 Å². The lowest BCUT2D eigenvalue weighted by Gasteiger charge is -2.20. The number of H-pyrrole nitrogens is 1. The fourth-order valence-electron chi connectivity index (χ4n) is 3.90. The van der Waals surface area contributed by atoms with Gasteiger partial charge in [-0.15, -0.1) is 0 Å². The van der Waals surface area contributed by atoms with Gasteiger partial charge >= 0.3 is 0 Å². The first kappa shape index (κ1) is 15.9. The van der Waals surface area contributed by atoms with Crippen LogP contribution >= 0.6 is 0 Å². The van der Waals surface area contributed by atoms with Crippen LogP contribution in [0.2, 0.25) is 0 Å². The Morgan fingerprint density at radius 3 is 2.92 bits per heavy atom. The fraction of sp³-hybridized carbons (Fsp3) is 0.421. The Bertz CT molecular complexity index is 813. The van der Waals surface area contributed by atoms with Crippen LogP contribution in [0.25, 0.3) is 0 Å². The molecule has 4 rings (SSSR count). The summed E-state index contributed by atoms with van der Waals surface area (Å²) in [6.45, 7) is 4.15. The van der Waals surface area contributed by atoms with Gasteiger partial charge in [-0.05, 0) is 31.4 Å². The third-order valence-corrected chi connectivity index (χ3v) is 5.29.